The summed E-state index contributed by atoms with van der Waals surface area (Å²) in [4.78, 5) is 11.5. The van der Waals surface area contributed by atoms with Crippen molar-refractivity contribution in [2.75, 3.05) is 0 Å². The van der Waals surface area contributed by atoms with Gasteiger partial charge in [0, 0.05) is 12.5 Å². The normalized spacial score (nSPS) is 15.3. The molecule has 0 heterocycles. The molecule has 2 rings (SSSR count). The first-order chi connectivity index (χ1) is 7.16. The number of halogens is 2. The van der Waals surface area contributed by atoms with Crippen LogP contribution in [0.3, 0.4) is 0 Å². The quantitative estimate of drug-likeness (QED) is 0.696. The molecule has 0 saturated heterocycles. The van der Waals surface area contributed by atoms with E-state index in [4.69, 9.17) is 0 Å². The van der Waals surface area contributed by atoms with Crippen molar-refractivity contribution in [3.05, 3.63) is 35.4 Å². The average molecular weight is 210 g/mol. The maximum absolute atomic E-state index is 13.2. The van der Waals surface area contributed by atoms with Gasteiger partial charge in [-0.25, -0.2) is 8.78 Å². The Balaban J connectivity index is 2.03. The van der Waals surface area contributed by atoms with Gasteiger partial charge in [-0.15, -0.1) is 0 Å². The minimum absolute atomic E-state index is 0.0112. The van der Waals surface area contributed by atoms with Crippen LogP contribution in [0.2, 0.25) is 0 Å². The maximum Gasteiger partial charge on any atom is 0.165 e. The van der Waals surface area contributed by atoms with E-state index in [1.165, 1.54) is 18.9 Å². The van der Waals surface area contributed by atoms with E-state index in [9.17, 15) is 13.6 Å². The SMILES string of the molecule is O=C(CCC1CC1)c1ccc(F)cc1F. The van der Waals surface area contributed by atoms with Crippen molar-refractivity contribution in [2.45, 2.75) is 25.7 Å². The zero-order valence-corrected chi connectivity index (χ0v) is 8.30. The largest absolute Gasteiger partial charge is 0.294 e. The summed E-state index contributed by atoms with van der Waals surface area (Å²) >= 11 is 0. The van der Waals surface area contributed by atoms with Crippen LogP contribution in [0.4, 0.5) is 8.78 Å². The lowest BCUT2D eigenvalue weighted by atomic mass is 10.0. The Hall–Kier alpha value is -1.25. The van der Waals surface area contributed by atoms with Gasteiger partial charge in [0.05, 0.1) is 5.56 Å². The van der Waals surface area contributed by atoms with Crippen LogP contribution >= 0.6 is 0 Å². The topological polar surface area (TPSA) is 17.1 Å². The van der Waals surface area contributed by atoms with Crippen LogP contribution in [0, 0.1) is 17.6 Å². The summed E-state index contributed by atoms with van der Waals surface area (Å²) in [7, 11) is 0. The Bertz CT molecular complexity index is 383. The first-order valence-electron chi connectivity index (χ1n) is 5.15. The first kappa shape index (κ1) is 10.3. The number of hydrogen-bond donors (Lipinski definition) is 0. The van der Waals surface area contributed by atoms with Crippen molar-refractivity contribution in [1.29, 1.82) is 0 Å². The standard InChI is InChI=1S/C12H12F2O/c13-9-4-5-10(11(14)7-9)12(15)6-3-8-1-2-8/h4-5,7-8H,1-3,6H2. The van der Waals surface area contributed by atoms with Crippen LogP contribution in [0.5, 0.6) is 0 Å². The summed E-state index contributed by atoms with van der Waals surface area (Å²) in [5, 5.41) is 0. The number of ketones is 1. The average Bonchev–Trinajstić information content (AvgIpc) is 2.97. The number of benzene rings is 1. The highest BCUT2D eigenvalue weighted by Crippen LogP contribution is 2.33. The molecule has 0 aromatic heterocycles. The van der Waals surface area contributed by atoms with Crippen LogP contribution in [-0.4, -0.2) is 5.78 Å². The van der Waals surface area contributed by atoms with Gasteiger partial charge in [-0.3, -0.25) is 4.79 Å². The van der Waals surface area contributed by atoms with Crippen molar-refractivity contribution < 1.29 is 13.6 Å². The zero-order chi connectivity index (χ0) is 10.8. The fraction of sp³-hybridized carbons (Fsp3) is 0.417. The monoisotopic (exact) mass is 210 g/mol. The maximum atomic E-state index is 13.2. The predicted molar refractivity (Wildman–Crippen MR) is 52.6 cm³/mol. The van der Waals surface area contributed by atoms with E-state index in [2.05, 4.69) is 0 Å². The van der Waals surface area contributed by atoms with Gasteiger partial charge >= 0.3 is 0 Å². The van der Waals surface area contributed by atoms with Crippen molar-refractivity contribution in [3.8, 4) is 0 Å². The van der Waals surface area contributed by atoms with Crippen LogP contribution in [0.25, 0.3) is 0 Å². The number of carbonyl (C=O) groups excluding carboxylic acids is 1. The van der Waals surface area contributed by atoms with E-state index in [1.807, 2.05) is 0 Å². The van der Waals surface area contributed by atoms with Gasteiger partial charge in [-0.05, 0) is 24.5 Å². The molecule has 0 N–H and O–H groups in total. The van der Waals surface area contributed by atoms with Gasteiger partial charge in [0.25, 0.3) is 0 Å². The Kier molecular flexibility index (Phi) is 2.80. The van der Waals surface area contributed by atoms with Crippen molar-refractivity contribution >= 4 is 5.78 Å². The van der Waals surface area contributed by atoms with Crippen molar-refractivity contribution in [3.63, 3.8) is 0 Å². The second-order valence-electron chi connectivity index (χ2n) is 4.03. The van der Waals surface area contributed by atoms with Gasteiger partial charge in [0.15, 0.2) is 5.78 Å². The summed E-state index contributed by atoms with van der Waals surface area (Å²) in [5.74, 6) is -0.973. The van der Waals surface area contributed by atoms with Gasteiger partial charge in [0.1, 0.15) is 11.6 Å². The molecule has 1 aliphatic carbocycles. The molecule has 1 fully saturated rings. The molecule has 1 aromatic carbocycles. The molecule has 1 aromatic rings. The molecule has 80 valence electrons. The molecule has 1 aliphatic rings. The Morgan fingerprint density at radius 1 is 1.33 bits per heavy atom. The lowest BCUT2D eigenvalue weighted by molar-refractivity contribution is 0.0974. The molecule has 0 aliphatic heterocycles. The first-order valence-corrected chi connectivity index (χ1v) is 5.15. The van der Waals surface area contributed by atoms with Gasteiger partial charge in [0.2, 0.25) is 0 Å². The molecule has 0 unspecified atom stereocenters. The number of hydrogen-bond acceptors (Lipinski definition) is 1. The molecule has 0 radical (unpaired) electrons. The fourth-order valence-electron chi connectivity index (χ4n) is 1.59. The molecule has 0 spiro atoms. The van der Waals surface area contributed by atoms with E-state index >= 15 is 0 Å². The highest BCUT2D eigenvalue weighted by molar-refractivity contribution is 5.96. The Labute approximate surface area is 87.1 Å². The molecule has 0 bridgehead atoms. The minimum Gasteiger partial charge on any atom is -0.294 e. The van der Waals surface area contributed by atoms with Crippen LogP contribution < -0.4 is 0 Å². The highest BCUT2D eigenvalue weighted by Gasteiger charge is 2.22. The van der Waals surface area contributed by atoms with E-state index in [0.29, 0.717) is 12.3 Å². The lowest BCUT2D eigenvalue weighted by Crippen LogP contribution is -2.03. The lowest BCUT2D eigenvalue weighted by Gasteiger charge is -2.01. The van der Waals surface area contributed by atoms with Crippen LogP contribution in [-0.2, 0) is 0 Å². The number of Topliss-reactive ketones (excluding diaryl/α,β-unsaturated/α-hetero) is 1. The fourth-order valence-corrected chi connectivity index (χ4v) is 1.59. The number of rotatable bonds is 4. The summed E-state index contributed by atoms with van der Waals surface area (Å²) in [6, 6.07) is 3.09. The second-order valence-corrected chi connectivity index (χ2v) is 4.03. The Morgan fingerprint density at radius 3 is 2.67 bits per heavy atom. The number of carbonyl (C=O) groups is 1. The molecule has 0 amide bonds. The smallest absolute Gasteiger partial charge is 0.165 e. The zero-order valence-electron chi connectivity index (χ0n) is 8.30. The summed E-state index contributed by atoms with van der Waals surface area (Å²) in [5.41, 5.74) is 0.0112. The van der Waals surface area contributed by atoms with E-state index in [1.54, 1.807) is 0 Å². The minimum atomic E-state index is -0.754. The van der Waals surface area contributed by atoms with Crippen molar-refractivity contribution in [1.82, 2.24) is 0 Å². The van der Waals surface area contributed by atoms with Gasteiger partial charge in [-0.1, -0.05) is 12.8 Å². The van der Waals surface area contributed by atoms with Crippen LogP contribution in [0.1, 0.15) is 36.0 Å². The van der Waals surface area contributed by atoms with E-state index in [-0.39, 0.29) is 11.3 Å². The molecular weight excluding hydrogens is 198 g/mol. The van der Waals surface area contributed by atoms with Gasteiger partial charge in [-0.2, -0.15) is 0 Å². The molecule has 0 atom stereocenters. The molecule has 1 nitrogen and oxygen atoms in total. The third kappa shape index (κ3) is 2.61. The summed E-state index contributed by atoms with van der Waals surface area (Å²) in [6.45, 7) is 0. The van der Waals surface area contributed by atoms with E-state index in [0.717, 1.165) is 18.6 Å². The summed E-state index contributed by atoms with van der Waals surface area (Å²) < 4.78 is 25.8. The molecule has 3 heteroatoms. The summed E-state index contributed by atoms with van der Waals surface area (Å²) in [6.07, 6.45) is 3.56. The van der Waals surface area contributed by atoms with Crippen LogP contribution in [0.15, 0.2) is 18.2 Å². The molecule has 1 saturated carbocycles. The second kappa shape index (κ2) is 4.09. The Morgan fingerprint density at radius 2 is 2.07 bits per heavy atom. The predicted octanol–water partition coefficient (Wildman–Crippen LogP) is 3.34. The third-order valence-corrected chi connectivity index (χ3v) is 2.71. The van der Waals surface area contributed by atoms with E-state index < -0.39 is 11.6 Å². The highest BCUT2D eigenvalue weighted by atomic mass is 19.1. The molecule has 15 heavy (non-hydrogen) atoms. The third-order valence-electron chi connectivity index (χ3n) is 2.71. The van der Waals surface area contributed by atoms with Crippen molar-refractivity contribution in [2.24, 2.45) is 5.92 Å². The van der Waals surface area contributed by atoms with Gasteiger partial charge < -0.3 is 0 Å². The molecular formula is C12H12F2O.